The summed E-state index contributed by atoms with van der Waals surface area (Å²) in [6, 6.07) is 16.2. The molecule has 0 unspecified atom stereocenters. The molecular formula is C24H24FN3O3. The number of carbonyl (C=O) groups excluding carboxylic acids is 1. The number of H-pyrrole nitrogens is 1. The van der Waals surface area contributed by atoms with Crippen molar-refractivity contribution in [3.63, 3.8) is 0 Å². The van der Waals surface area contributed by atoms with Gasteiger partial charge in [-0.25, -0.2) is 4.39 Å². The quantitative estimate of drug-likeness (QED) is 0.658. The number of aromatic nitrogens is 2. The van der Waals surface area contributed by atoms with E-state index in [9.17, 15) is 19.1 Å². The molecule has 0 aliphatic carbocycles. The highest BCUT2D eigenvalue weighted by Gasteiger charge is 2.39. The second-order valence-corrected chi connectivity index (χ2v) is 7.93. The fourth-order valence-corrected chi connectivity index (χ4v) is 4.65. The van der Waals surface area contributed by atoms with Crippen molar-refractivity contribution in [2.24, 2.45) is 5.92 Å². The average Bonchev–Trinajstić information content (AvgIpc) is 3.27. The summed E-state index contributed by atoms with van der Waals surface area (Å²) in [4.78, 5) is 26.6. The number of nitrogens with zero attached hydrogens (tertiary/aromatic N) is 2. The first-order valence-electron chi connectivity index (χ1n) is 10.4. The van der Waals surface area contributed by atoms with E-state index in [0.717, 1.165) is 24.6 Å². The molecule has 1 amide bonds. The molecule has 6 nitrogen and oxygen atoms in total. The van der Waals surface area contributed by atoms with Gasteiger partial charge in [-0.3, -0.25) is 14.7 Å². The molecule has 0 radical (unpaired) electrons. The van der Waals surface area contributed by atoms with E-state index < -0.39 is 17.1 Å². The number of carbonyl (C=O) groups is 1. The van der Waals surface area contributed by atoms with Gasteiger partial charge in [-0.15, -0.1) is 0 Å². The van der Waals surface area contributed by atoms with E-state index in [-0.39, 0.29) is 29.4 Å². The number of nitrogens with one attached hydrogen (secondary N) is 1. The smallest absolute Gasteiger partial charge is 0.276 e. The van der Waals surface area contributed by atoms with Gasteiger partial charge in [0.25, 0.3) is 5.91 Å². The topological polar surface area (TPSA) is 86.3 Å². The molecule has 4 rings (SSSR count). The van der Waals surface area contributed by atoms with Crippen LogP contribution in [0.2, 0.25) is 0 Å². The Kier molecular flexibility index (Phi) is 5.84. The highest BCUT2D eigenvalue weighted by atomic mass is 19.1. The molecule has 0 bridgehead atoms. The molecule has 7 heteroatoms. The second kappa shape index (κ2) is 8.71. The number of halogens is 1. The summed E-state index contributed by atoms with van der Waals surface area (Å²) >= 11 is 0. The molecule has 3 aromatic rings. The van der Waals surface area contributed by atoms with Gasteiger partial charge in [-0.1, -0.05) is 55.5 Å². The lowest BCUT2D eigenvalue weighted by Gasteiger charge is -2.35. The Balaban J connectivity index is 1.72. The summed E-state index contributed by atoms with van der Waals surface area (Å²) < 4.78 is 14.8. The van der Waals surface area contributed by atoms with Gasteiger partial charge < -0.3 is 10.0 Å². The fourth-order valence-electron chi connectivity index (χ4n) is 4.65. The Morgan fingerprint density at radius 2 is 1.90 bits per heavy atom. The molecule has 1 fully saturated rings. The van der Waals surface area contributed by atoms with Crippen LogP contribution in [0.3, 0.4) is 0 Å². The first-order valence-corrected chi connectivity index (χ1v) is 10.4. The summed E-state index contributed by atoms with van der Waals surface area (Å²) in [5.41, 5.74) is 0.628. The number of rotatable bonds is 5. The van der Waals surface area contributed by atoms with E-state index >= 15 is 0 Å². The van der Waals surface area contributed by atoms with Crippen molar-refractivity contribution in [1.29, 1.82) is 0 Å². The minimum atomic E-state index is -0.709. The largest absolute Gasteiger partial charge is 0.502 e. The zero-order valence-corrected chi connectivity index (χ0v) is 17.2. The van der Waals surface area contributed by atoms with E-state index in [2.05, 4.69) is 10.2 Å². The zero-order valence-electron chi connectivity index (χ0n) is 17.2. The summed E-state index contributed by atoms with van der Waals surface area (Å²) in [5.74, 6) is -1.77. The van der Waals surface area contributed by atoms with Crippen LogP contribution >= 0.6 is 0 Å². The van der Waals surface area contributed by atoms with Gasteiger partial charge in [0.1, 0.15) is 5.82 Å². The Morgan fingerprint density at radius 1 is 1.19 bits per heavy atom. The maximum atomic E-state index is 14.8. The third kappa shape index (κ3) is 3.95. The van der Waals surface area contributed by atoms with Gasteiger partial charge in [-0.2, -0.15) is 5.10 Å². The molecule has 1 aromatic heterocycles. The molecule has 31 heavy (non-hydrogen) atoms. The van der Waals surface area contributed by atoms with Gasteiger partial charge in [0.2, 0.25) is 5.43 Å². The van der Waals surface area contributed by atoms with Gasteiger partial charge in [0.05, 0.1) is 6.20 Å². The van der Waals surface area contributed by atoms with E-state index in [1.165, 1.54) is 6.07 Å². The van der Waals surface area contributed by atoms with Crippen molar-refractivity contribution in [3.05, 3.63) is 93.7 Å². The van der Waals surface area contributed by atoms with E-state index in [1.54, 1.807) is 17.0 Å². The molecule has 0 saturated carbocycles. The van der Waals surface area contributed by atoms with Crippen LogP contribution in [0.5, 0.6) is 5.75 Å². The van der Waals surface area contributed by atoms with E-state index in [4.69, 9.17) is 0 Å². The monoisotopic (exact) mass is 421 g/mol. The molecule has 1 saturated heterocycles. The summed E-state index contributed by atoms with van der Waals surface area (Å²) in [6.45, 7) is 2.51. The van der Waals surface area contributed by atoms with Crippen molar-refractivity contribution in [2.75, 3.05) is 6.54 Å². The normalized spacial score (nSPS) is 18.0. The number of hydrogen-bond donors (Lipinski definition) is 2. The molecule has 0 spiro atoms. The Hall–Kier alpha value is -3.48. The molecule has 1 aliphatic heterocycles. The van der Waals surface area contributed by atoms with Crippen LogP contribution in [-0.2, 0) is 0 Å². The highest BCUT2D eigenvalue weighted by molar-refractivity contribution is 5.95. The number of hydrogen-bond acceptors (Lipinski definition) is 4. The lowest BCUT2D eigenvalue weighted by atomic mass is 9.77. The Bertz CT molecular complexity index is 1130. The number of aromatic hydroxyl groups is 1. The van der Waals surface area contributed by atoms with Crippen LogP contribution in [0.15, 0.2) is 65.6 Å². The first kappa shape index (κ1) is 20.8. The molecule has 1 aliphatic rings. The third-order valence-corrected chi connectivity index (χ3v) is 6.13. The van der Waals surface area contributed by atoms with Crippen molar-refractivity contribution in [3.8, 4) is 5.75 Å². The SMILES string of the molecule is C[C@H]([C@@H](c1ccccc1)c1ccccc1F)[C@H]1CCCN1C(=O)c1[nH]ncc(=O)c1O. The summed E-state index contributed by atoms with van der Waals surface area (Å²) in [5, 5.41) is 16.2. The standard InChI is InChI=1S/C24H24FN3O3/c1-15(21(16-8-3-2-4-9-16)17-10-5-6-11-18(17)25)19-12-7-13-28(19)24(31)22-23(30)20(29)14-26-27-22/h2-6,8-11,14-15,19,21H,7,12-13H2,1H3,(H,26,30)(H,27,29)/t15-,19+,21-/m0/s1. The number of aromatic amines is 1. The minimum absolute atomic E-state index is 0.115. The van der Waals surface area contributed by atoms with Gasteiger partial charge in [-0.05, 0) is 36.0 Å². The van der Waals surface area contributed by atoms with E-state index in [1.807, 2.05) is 43.3 Å². The fraction of sp³-hybridized carbons (Fsp3) is 0.292. The molecule has 2 aromatic carbocycles. The average molecular weight is 421 g/mol. The first-order chi connectivity index (χ1) is 15.0. The molecule has 160 valence electrons. The van der Waals surface area contributed by atoms with Crippen molar-refractivity contribution >= 4 is 5.91 Å². The number of amides is 1. The third-order valence-electron chi connectivity index (χ3n) is 6.13. The van der Waals surface area contributed by atoms with Crippen LogP contribution in [0, 0.1) is 11.7 Å². The van der Waals surface area contributed by atoms with Crippen molar-refractivity contribution in [1.82, 2.24) is 15.1 Å². The number of likely N-dealkylation sites (tertiary alicyclic amines) is 1. The minimum Gasteiger partial charge on any atom is -0.502 e. The van der Waals surface area contributed by atoms with Gasteiger partial charge >= 0.3 is 0 Å². The Labute approximate surface area is 179 Å². The molecule has 3 atom stereocenters. The van der Waals surface area contributed by atoms with Crippen molar-refractivity contribution in [2.45, 2.75) is 31.7 Å². The van der Waals surface area contributed by atoms with Crippen molar-refractivity contribution < 1.29 is 14.3 Å². The second-order valence-electron chi connectivity index (χ2n) is 7.93. The molecule has 2 N–H and O–H groups in total. The lowest BCUT2D eigenvalue weighted by Crippen LogP contribution is -2.42. The predicted octanol–water partition coefficient (Wildman–Crippen LogP) is 3.69. The van der Waals surface area contributed by atoms with Crippen LogP contribution in [0.1, 0.15) is 47.3 Å². The predicted molar refractivity (Wildman–Crippen MR) is 114 cm³/mol. The highest BCUT2D eigenvalue weighted by Crippen LogP contribution is 2.40. The lowest BCUT2D eigenvalue weighted by molar-refractivity contribution is 0.0675. The van der Waals surface area contributed by atoms with E-state index in [0.29, 0.717) is 12.1 Å². The molecular weight excluding hydrogens is 397 g/mol. The van der Waals surface area contributed by atoms with Crippen LogP contribution in [0.4, 0.5) is 4.39 Å². The summed E-state index contributed by atoms with van der Waals surface area (Å²) in [7, 11) is 0. The van der Waals surface area contributed by atoms with Crippen LogP contribution < -0.4 is 5.43 Å². The summed E-state index contributed by atoms with van der Waals surface area (Å²) in [6.07, 6.45) is 2.46. The molecule has 2 heterocycles. The zero-order chi connectivity index (χ0) is 22.0. The maximum Gasteiger partial charge on any atom is 0.276 e. The van der Waals surface area contributed by atoms with Gasteiger partial charge in [0.15, 0.2) is 11.4 Å². The van der Waals surface area contributed by atoms with Gasteiger partial charge in [0, 0.05) is 18.5 Å². The van der Waals surface area contributed by atoms with Crippen LogP contribution in [-0.4, -0.2) is 38.7 Å². The Morgan fingerprint density at radius 3 is 2.65 bits per heavy atom. The number of benzene rings is 2. The maximum absolute atomic E-state index is 14.8. The van der Waals surface area contributed by atoms with Crippen LogP contribution in [0.25, 0.3) is 0 Å².